The SMILES string of the molecule is CC(C)C(C)Nc1ccncn1. The molecule has 1 N–H and O–H groups in total. The third-order valence-corrected chi connectivity index (χ3v) is 1.96. The van der Waals surface area contributed by atoms with Gasteiger partial charge in [0, 0.05) is 12.2 Å². The first-order valence-electron chi connectivity index (χ1n) is 4.22. The maximum Gasteiger partial charge on any atom is 0.129 e. The lowest BCUT2D eigenvalue weighted by Crippen LogP contribution is -2.21. The van der Waals surface area contributed by atoms with E-state index in [1.807, 2.05) is 6.07 Å². The van der Waals surface area contributed by atoms with Gasteiger partial charge in [0.05, 0.1) is 0 Å². The summed E-state index contributed by atoms with van der Waals surface area (Å²) >= 11 is 0. The Hall–Kier alpha value is -1.12. The van der Waals surface area contributed by atoms with Gasteiger partial charge < -0.3 is 5.32 Å². The summed E-state index contributed by atoms with van der Waals surface area (Å²) in [4.78, 5) is 7.93. The fraction of sp³-hybridized carbons (Fsp3) is 0.556. The van der Waals surface area contributed by atoms with Gasteiger partial charge in [0.15, 0.2) is 0 Å². The van der Waals surface area contributed by atoms with E-state index in [0.717, 1.165) is 5.82 Å². The second kappa shape index (κ2) is 4.04. The van der Waals surface area contributed by atoms with E-state index in [1.54, 1.807) is 12.5 Å². The highest BCUT2D eigenvalue weighted by atomic mass is 15.0. The Morgan fingerprint density at radius 3 is 2.58 bits per heavy atom. The molecule has 0 aliphatic rings. The molecule has 0 saturated heterocycles. The lowest BCUT2D eigenvalue weighted by atomic mass is 10.1. The third kappa shape index (κ3) is 2.49. The Kier molecular flexibility index (Phi) is 3.02. The average molecular weight is 165 g/mol. The molecule has 1 aromatic heterocycles. The largest absolute Gasteiger partial charge is 0.367 e. The molecule has 0 bridgehead atoms. The van der Waals surface area contributed by atoms with E-state index in [1.165, 1.54) is 0 Å². The molecule has 12 heavy (non-hydrogen) atoms. The van der Waals surface area contributed by atoms with Crippen LogP contribution in [0.2, 0.25) is 0 Å². The van der Waals surface area contributed by atoms with Gasteiger partial charge in [-0.15, -0.1) is 0 Å². The molecule has 0 aliphatic heterocycles. The molecule has 0 fully saturated rings. The fourth-order valence-electron chi connectivity index (χ4n) is 0.776. The van der Waals surface area contributed by atoms with Crippen molar-refractivity contribution in [2.24, 2.45) is 5.92 Å². The van der Waals surface area contributed by atoms with Crippen molar-refractivity contribution < 1.29 is 0 Å². The first-order chi connectivity index (χ1) is 5.70. The summed E-state index contributed by atoms with van der Waals surface area (Å²) in [6, 6.07) is 2.32. The monoisotopic (exact) mass is 165 g/mol. The van der Waals surface area contributed by atoms with Crippen LogP contribution in [-0.4, -0.2) is 16.0 Å². The van der Waals surface area contributed by atoms with Crippen LogP contribution in [0.4, 0.5) is 5.82 Å². The summed E-state index contributed by atoms with van der Waals surface area (Å²) in [5.74, 6) is 1.51. The zero-order chi connectivity index (χ0) is 8.97. The van der Waals surface area contributed by atoms with Gasteiger partial charge in [-0.3, -0.25) is 0 Å². The van der Waals surface area contributed by atoms with Gasteiger partial charge in [-0.1, -0.05) is 13.8 Å². The van der Waals surface area contributed by atoms with Crippen LogP contribution in [0.3, 0.4) is 0 Å². The molecule has 0 aliphatic carbocycles. The summed E-state index contributed by atoms with van der Waals surface area (Å²) in [7, 11) is 0. The van der Waals surface area contributed by atoms with Gasteiger partial charge in [-0.05, 0) is 18.9 Å². The highest BCUT2D eigenvalue weighted by molar-refractivity contribution is 5.32. The zero-order valence-corrected chi connectivity index (χ0v) is 7.78. The molecule has 1 unspecified atom stereocenters. The smallest absolute Gasteiger partial charge is 0.129 e. The van der Waals surface area contributed by atoms with Crippen molar-refractivity contribution in [3.63, 3.8) is 0 Å². The first-order valence-corrected chi connectivity index (χ1v) is 4.22. The number of nitrogens with zero attached hydrogens (tertiary/aromatic N) is 2. The van der Waals surface area contributed by atoms with Crippen LogP contribution in [0.25, 0.3) is 0 Å². The quantitative estimate of drug-likeness (QED) is 0.743. The number of rotatable bonds is 3. The highest BCUT2D eigenvalue weighted by Gasteiger charge is 2.05. The number of hydrogen-bond acceptors (Lipinski definition) is 3. The molecular weight excluding hydrogens is 150 g/mol. The van der Waals surface area contributed by atoms with Crippen molar-refractivity contribution in [1.29, 1.82) is 0 Å². The van der Waals surface area contributed by atoms with E-state index in [-0.39, 0.29) is 0 Å². The first kappa shape index (κ1) is 8.97. The molecule has 3 nitrogen and oxygen atoms in total. The molecule has 0 radical (unpaired) electrons. The summed E-state index contributed by atoms with van der Waals surface area (Å²) in [5, 5.41) is 3.29. The minimum absolute atomic E-state index is 0.444. The summed E-state index contributed by atoms with van der Waals surface area (Å²) in [5.41, 5.74) is 0. The number of aromatic nitrogens is 2. The minimum Gasteiger partial charge on any atom is -0.367 e. The normalized spacial score (nSPS) is 13.0. The molecular formula is C9H15N3. The van der Waals surface area contributed by atoms with Gasteiger partial charge >= 0.3 is 0 Å². The van der Waals surface area contributed by atoms with E-state index in [2.05, 4.69) is 36.1 Å². The standard InChI is InChI=1S/C9H15N3/c1-7(2)8(3)12-9-4-5-10-6-11-9/h4-8H,1-3H3,(H,10,11,12). The van der Waals surface area contributed by atoms with E-state index >= 15 is 0 Å². The van der Waals surface area contributed by atoms with Gasteiger partial charge in [-0.2, -0.15) is 0 Å². The summed E-state index contributed by atoms with van der Waals surface area (Å²) in [6.45, 7) is 6.50. The molecule has 0 spiro atoms. The van der Waals surface area contributed by atoms with E-state index < -0.39 is 0 Å². The Balaban J connectivity index is 2.53. The Labute approximate surface area is 73.2 Å². The van der Waals surface area contributed by atoms with Gasteiger partial charge in [-0.25, -0.2) is 9.97 Å². The highest BCUT2D eigenvalue weighted by Crippen LogP contribution is 2.07. The Morgan fingerprint density at radius 2 is 2.08 bits per heavy atom. The Bertz CT molecular complexity index is 220. The van der Waals surface area contributed by atoms with Crippen molar-refractivity contribution in [3.05, 3.63) is 18.6 Å². The average Bonchev–Trinajstić information content (AvgIpc) is 2.06. The predicted molar refractivity (Wildman–Crippen MR) is 50.0 cm³/mol. The lowest BCUT2D eigenvalue weighted by Gasteiger charge is -2.17. The molecule has 1 atom stereocenters. The number of hydrogen-bond donors (Lipinski definition) is 1. The van der Waals surface area contributed by atoms with Crippen LogP contribution in [0.15, 0.2) is 18.6 Å². The zero-order valence-electron chi connectivity index (χ0n) is 7.78. The van der Waals surface area contributed by atoms with E-state index in [4.69, 9.17) is 0 Å². The molecule has 1 rings (SSSR count). The van der Waals surface area contributed by atoms with Gasteiger partial charge in [0.2, 0.25) is 0 Å². The Morgan fingerprint density at radius 1 is 1.33 bits per heavy atom. The predicted octanol–water partition coefficient (Wildman–Crippen LogP) is 1.93. The van der Waals surface area contributed by atoms with E-state index in [0.29, 0.717) is 12.0 Å². The summed E-state index contributed by atoms with van der Waals surface area (Å²) < 4.78 is 0. The second-order valence-corrected chi connectivity index (χ2v) is 3.27. The van der Waals surface area contributed by atoms with Gasteiger partial charge in [0.25, 0.3) is 0 Å². The molecule has 1 aromatic rings. The fourth-order valence-corrected chi connectivity index (χ4v) is 0.776. The van der Waals surface area contributed by atoms with Crippen LogP contribution in [0.1, 0.15) is 20.8 Å². The van der Waals surface area contributed by atoms with E-state index in [9.17, 15) is 0 Å². The topological polar surface area (TPSA) is 37.8 Å². The minimum atomic E-state index is 0.444. The second-order valence-electron chi connectivity index (χ2n) is 3.27. The molecule has 0 aromatic carbocycles. The maximum absolute atomic E-state index is 4.08. The van der Waals surface area contributed by atoms with Crippen molar-refractivity contribution in [2.45, 2.75) is 26.8 Å². The number of anilines is 1. The molecule has 0 amide bonds. The van der Waals surface area contributed by atoms with Crippen LogP contribution >= 0.6 is 0 Å². The molecule has 0 saturated carbocycles. The summed E-state index contributed by atoms with van der Waals surface area (Å²) in [6.07, 6.45) is 3.29. The van der Waals surface area contributed by atoms with Crippen LogP contribution in [-0.2, 0) is 0 Å². The number of nitrogens with one attached hydrogen (secondary N) is 1. The van der Waals surface area contributed by atoms with Crippen molar-refractivity contribution in [3.8, 4) is 0 Å². The van der Waals surface area contributed by atoms with Gasteiger partial charge in [0.1, 0.15) is 12.1 Å². The van der Waals surface area contributed by atoms with Crippen LogP contribution in [0.5, 0.6) is 0 Å². The third-order valence-electron chi connectivity index (χ3n) is 1.96. The van der Waals surface area contributed by atoms with Crippen molar-refractivity contribution >= 4 is 5.82 Å². The van der Waals surface area contributed by atoms with Crippen LogP contribution < -0.4 is 5.32 Å². The van der Waals surface area contributed by atoms with Crippen LogP contribution in [0, 0.1) is 5.92 Å². The van der Waals surface area contributed by atoms with Crippen molar-refractivity contribution in [2.75, 3.05) is 5.32 Å². The molecule has 66 valence electrons. The molecule has 1 heterocycles. The lowest BCUT2D eigenvalue weighted by molar-refractivity contribution is 0.558. The molecule has 3 heteroatoms. The maximum atomic E-state index is 4.08. The van der Waals surface area contributed by atoms with Crippen molar-refractivity contribution in [1.82, 2.24) is 9.97 Å².